The average Bonchev–Trinajstić information content (AvgIpc) is 3.51. The van der Waals surface area contributed by atoms with Gasteiger partial charge in [0.2, 0.25) is 17.7 Å². The highest BCUT2D eigenvalue weighted by Crippen LogP contribution is 2.24. The Morgan fingerprint density at radius 2 is 1.60 bits per heavy atom. The maximum absolute atomic E-state index is 14.1. The van der Waals surface area contributed by atoms with E-state index in [-0.39, 0.29) is 47.5 Å². The van der Waals surface area contributed by atoms with Crippen molar-refractivity contribution >= 4 is 35.0 Å². The summed E-state index contributed by atoms with van der Waals surface area (Å²) in [6, 6.07) is 5.62. The monoisotopic (exact) mass is 655 g/mol. The Morgan fingerprint density at radius 1 is 0.957 bits per heavy atom. The van der Waals surface area contributed by atoms with Crippen molar-refractivity contribution in [3.63, 3.8) is 0 Å². The Balaban J connectivity index is 2.24. The van der Waals surface area contributed by atoms with Crippen molar-refractivity contribution in [1.29, 1.82) is 0 Å². The molecule has 0 aliphatic carbocycles. The van der Waals surface area contributed by atoms with E-state index in [9.17, 15) is 24.0 Å². The molecule has 5 atom stereocenters. The van der Waals surface area contributed by atoms with Crippen molar-refractivity contribution < 1.29 is 24.0 Å². The van der Waals surface area contributed by atoms with Gasteiger partial charge in [0.15, 0.2) is 5.78 Å². The minimum Gasteiger partial charge on any atom is -0.399 e. The number of unbranched alkanes of at least 4 members (excludes halogenated alkanes) is 1. The van der Waals surface area contributed by atoms with Crippen LogP contribution >= 0.6 is 0 Å². The molecule has 47 heavy (non-hydrogen) atoms. The molecule has 0 aromatic heterocycles. The Hall–Kier alpha value is -3.27. The molecule has 1 aromatic rings. The lowest BCUT2D eigenvalue weighted by atomic mass is 9.94. The van der Waals surface area contributed by atoms with Crippen LogP contribution in [0.2, 0.25) is 0 Å². The summed E-state index contributed by atoms with van der Waals surface area (Å²) in [5.41, 5.74) is 7.48. The zero-order valence-electron chi connectivity index (χ0n) is 30.1. The largest absolute Gasteiger partial charge is 0.399 e. The van der Waals surface area contributed by atoms with Gasteiger partial charge in [-0.2, -0.15) is 0 Å². The Bertz CT molecular complexity index is 1180. The molecule has 0 unspecified atom stereocenters. The molecule has 10 heteroatoms. The first-order valence-corrected chi connectivity index (χ1v) is 17.6. The van der Waals surface area contributed by atoms with E-state index >= 15 is 0 Å². The maximum atomic E-state index is 14.1. The molecule has 264 valence electrons. The Labute approximate surface area is 283 Å². The van der Waals surface area contributed by atoms with Gasteiger partial charge in [-0.25, -0.2) is 0 Å². The fraction of sp³-hybridized carbons (Fsp3) is 0.703. The SMILES string of the molecule is CC[C@H](Cc1ccc(N)cc1)C(=O)N[C@@H](CC(C)C)C(=O)N[C@@H](CCCCN(C)C(C)C)C(=O)N1CCC[C@H]1C(=O)C[C@H](C)C(C)=O. The minimum absolute atomic E-state index is 0.0530. The highest BCUT2D eigenvalue weighted by molar-refractivity contribution is 5.96. The summed E-state index contributed by atoms with van der Waals surface area (Å²) in [6.07, 6.45) is 4.87. The van der Waals surface area contributed by atoms with Gasteiger partial charge in [-0.1, -0.05) is 39.8 Å². The van der Waals surface area contributed by atoms with Gasteiger partial charge in [0, 0.05) is 36.5 Å². The molecule has 10 nitrogen and oxygen atoms in total. The molecule has 1 aromatic carbocycles. The van der Waals surface area contributed by atoms with Crippen molar-refractivity contribution in [1.82, 2.24) is 20.4 Å². The number of anilines is 1. The summed E-state index contributed by atoms with van der Waals surface area (Å²) in [7, 11) is 2.06. The minimum atomic E-state index is -0.825. The van der Waals surface area contributed by atoms with E-state index < -0.39 is 24.0 Å². The summed E-state index contributed by atoms with van der Waals surface area (Å²) in [6.45, 7) is 14.7. The first kappa shape index (κ1) is 39.9. The number of hydrogen-bond donors (Lipinski definition) is 3. The van der Waals surface area contributed by atoms with Crippen LogP contribution in [0.3, 0.4) is 0 Å². The highest BCUT2D eigenvalue weighted by atomic mass is 16.2. The predicted molar refractivity (Wildman–Crippen MR) is 187 cm³/mol. The number of nitrogen functional groups attached to an aromatic ring is 1. The quantitative estimate of drug-likeness (QED) is 0.138. The first-order chi connectivity index (χ1) is 22.1. The van der Waals surface area contributed by atoms with E-state index in [1.807, 2.05) is 45.0 Å². The Kier molecular flexibility index (Phi) is 16.6. The number of carbonyl (C=O) groups excluding carboxylic acids is 5. The van der Waals surface area contributed by atoms with Gasteiger partial charge in [0.25, 0.3) is 0 Å². The van der Waals surface area contributed by atoms with Gasteiger partial charge < -0.3 is 26.2 Å². The summed E-state index contributed by atoms with van der Waals surface area (Å²) in [5.74, 6) is -1.64. The predicted octanol–water partition coefficient (Wildman–Crippen LogP) is 4.54. The number of benzene rings is 1. The molecular formula is C37H61N5O5. The van der Waals surface area contributed by atoms with Crippen LogP contribution in [0.4, 0.5) is 5.69 Å². The van der Waals surface area contributed by atoms with E-state index in [0.29, 0.717) is 63.2 Å². The van der Waals surface area contributed by atoms with Gasteiger partial charge in [0.1, 0.15) is 17.9 Å². The number of Topliss-reactive ketones (excluding diaryl/α,β-unsaturated/α-hetero) is 2. The molecule has 0 radical (unpaired) electrons. The topological polar surface area (TPSA) is 142 Å². The van der Waals surface area contributed by atoms with Crippen LogP contribution in [0, 0.1) is 17.8 Å². The number of nitrogens with zero attached hydrogens (tertiary/aromatic N) is 2. The third-order valence-electron chi connectivity index (χ3n) is 9.52. The normalized spacial score (nSPS) is 17.4. The van der Waals surface area contributed by atoms with Gasteiger partial charge in [0.05, 0.1) is 6.04 Å². The summed E-state index contributed by atoms with van der Waals surface area (Å²) in [4.78, 5) is 70.4. The van der Waals surface area contributed by atoms with Gasteiger partial charge >= 0.3 is 0 Å². The van der Waals surface area contributed by atoms with E-state index in [2.05, 4.69) is 36.4 Å². The second-order valence-electron chi connectivity index (χ2n) is 14.2. The van der Waals surface area contributed by atoms with Crippen LogP contribution in [-0.2, 0) is 30.4 Å². The lowest BCUT2D eigenvalue weighted by molar-refractivity contribution is -0.142. The highest BCUT2D eigenvalue weighted by Gasteiger charge is 2.38. The van der Waals surface area contributed by atoms with Crippen LogP contribution < -0.4 is 16.4 Å². The van der Waals surface area contributed by atoms with Crippen LogP contribution in [0.1, 0.15) is 105 Å². The van der Waals surface area contributed by atoms with Crippen molar-refractivity contribution in [3.05, 3.63) is 29.8 Å². The number of rotatable bonds is 20. The van der Waals surface area contributed by atoms with E-state index in [0.717, 1.165) is 18.5 Å². The van der Waals surface area contributed by atoms with Crippen LogP contribution in [0.5, 0.6) is 0 Å². The van der Waals surface area contributed by atoms with Crippen LogP contribution in [0.15, 0.2) is 24.3 Å². The standard InChI is InChI=1S/C37H61N5O5/c1-9-29(23-28-15-17-30(38)18-16-28)35(45)40-32(21-24(2)3)36(46)39-31(13-10-11-19-41(8)25(4)5)37(47)42-20-12-14-33(42)34(44)22-26(6)27(7)43/h15-18,24-26,29,31-33H,9-14,19-23,38H2,1-8H3,(H,39,46)(H,40,45)/t26-,29+,31-,32-,33-/m0/s1. The second-order valence-corrected chi connectivity index (χ2v) is 14.2. The third-order valence-corrected chi connectivity index (χ3v) is 9.52. The van der Waals surface area contributed by atoms with E-state index in [4.69, 9.17) is 5.73 Å². The zero-order chi connectivity index (χ0) is 35.3. The van der Waals surface area contributed by atoms with Gasteiger partial charge in [-0.05, 0) is 109 Å². The molecule has 0 saturated carbocycles. The van der Waals surface area contributed by atoms with Gasteiger partial charge in [-0.15, -0.1) is 0 Å². The fourth-order valence-electron chi connectivity index (χ4n) is 6.00. The summed E-state index contributed by atoms with van der Waals surface area (Å²) >= 11 is 0. The van der Waals surface area contributed by atoms with E-state index in [1.54, 1.807) is 11.8 Å². The molecule has 1 aliphatic rings. The van der Waals surface area contributed by atoms with Crippen molar-refractivity contribution in [2.75, 3.05) is 25.9 Å². The van der Waals surface area contributed by atoms with Crippen LogP contribution in [-0.4, -0.2) is 83.4 Å². The number of amides is 3. The molecule has 3 amide bonds. The van der Waals surface area contributed by atoms with Crippen molar-refractivity contribution in [3.8, 4) is 0 Å². The molecule has 1 fully saturated rings. The molecule has 1 heterocycles. The van der Waals surface area contributed by atoms with Crippen LogP contribution in [0.25, 0.3) is 0 Å². The fourth-order valence-corrected chi connectivity index (χ4v) is 6.00. The summed E-state index contributed by atoms with van der Waals surface area (Å²) in [5, 5.41) is 6.01. The molecular weight excluding hydrogens is 594 g/mol. The number of nitrogens with two attached hydrogens (primary N) is 1. The lowest BCUT2D eigenvalue weighted by Crippen LogP contribution is -2.56. The Morgan fingerprint density at radius 3 is 2.17 bits per heavy atom. The second kappa shape index (κ2) is 19.5. The molecule has 0 spiro atoms. The number of nitrogens with one attached hydrogen (secondary N) is 2. The molecule has 1 saturated heterocycles. The number of carbonyl (C=O) groups is 5. The van der Waals surface area contributed by atoms with Gasteiger partial charge in [-0.3, -0.25) is 24.0 Å². The van der Waals surface area contributed by atoms with Crippen molar-refractivity contribution in [2.45, 2.75) is 130 Å². The van der Waals surface area contributed by atoms with Crippen molar-refractivity contribution in [2.24, 2.45) is 17.8 Å². The lowest BCUT2D eigenvalue weighted by Gasteiger charge is -2.31. The number of likely N-dealkylation sites (tertiary alicyclic amines) is 1. The molecule has 0 bridgehead atoms. The third kappa shape index (κ3) is 13.0. The maximum Gasteiger partial charge on any atom is 0.245 e. The first-order valence-electron chi connectivity index (χ1n) is 17.6. The average molecular weight is 656 g/mol. The smallest absolute Gasteiger partial charge is 0.245 e. The number of ketones is 2. The zero-order valence-corrected chi connectivity index (χ0v) is 30.1. The number of hydrogen-bond acceptors (Lipinski definition) is 7. The molecule has 1 aliphatic heterocycles. The molecule has 2 rings (SSSR count). The molecule has 4 N–H and O–H groups in total. The van der Waals surface area contributed by atoms with E-state index in [1.165, 1.54) is 6.92 Å². The summed E-state index contributed by atoms with van der Waals surface area (Å²) < 4.78 is 0.